The minimum absolute atomic E-state index is 0.141. The quantitative estimate of drug-likeness (QED) is 0.590. The second-order valence-corrected chi connectivity index (χ2v) is 7.53. The number of halogens is 1. The zero-order valence-electron chi connectivity index (χ0n) is 11.7. The van der Waals surface area contributed by atoms with Crippen LogP contribution in [0.1, 0.15) is 4.88 Å². The van der Waals surface area contributed by atoms with Crippen LogP contribution in [0.15, 0.2) is 57.8 Å². The van der Waals surface area contributed by atoms with Gasteiger partial charge < -0.3 is 0 Å². The molecule has 8 nitrogen and oxygen atoms in total. The van der Waals surface area contributed by atoms with Crippen molar-refractivity contribution in [1.82, 2.24) is 25.2 Å². The first-order chi connectivity index (χ1) is 11.1. The second-order valence-electron chi connectivity index (χ2n) is 4.41. The van der Waals surface area contributed by atoms with Gasteiger partial charge in [-0.2, -0.15) is 5.12 Å². The summed E-state index contributed by atoms with van der Waals surface area (Å²) in [7, 11) is -3.85. The number of nitrogens with zero attached hydrogens (tertiary/aromatic N) is 4. The minimum Gasteiger partial charge on any atom is -0.215 e. The van der Waals surface area contributed by atoms with Crippen LogP contribution >= 0.6 is 23.1 Å². The molecule has 1 aliphatic rings. The van der Waals surface area contributed by atoms with Gasteiger partial charge in [0, 0.05) is 11.4 Å². The third kappa shape index (κ3) is 3.63. The van der Waals surface area contributed by atoms with Gasteiger partial charge in [-0.1, -0.05) is 29.8 Å². The predicted octanol–water partition coefficient (Wildman–Crippen LogP) is 1.49. The van der Waals surface area contributed by atoms with Gasteiger partial charge in [0.05, 0.1) is 16.7 Å². The Labute approximate surface area is 142 Å². The molecule has 1 aromatic heterocycles. The summed E-state index contributed by atoms with van der Waals surface area (Å²) < 4.78 is 27.5. The van der Waals surface area contributed by atoms with Crippen LogP contribution < -0.4 is 11.0 Å². The number of rotatable bonds is 6. The van der Waals surface area contributed by atoms with Gasteiger partial charge >= 0.3 is 0 Å². The Morgan fingerprint density at radius 1 is 1.26 bits per heavy atom. The van der Waals surface area contributed by atoms with Crippen LogP contribution in [0.4, 0.5) is 0 Å². The maximum absolute atomic E-state index is 12.8. The van der Waals surface area contributed by atoms with Crippen molar-refractivity contribution in [3.63, 3.8) is 0 Å². The van der Waals surface area contributed by atoms with Gasteiger partial charge in [-0.15, -0.1) is 21.1 Å². The van der Waals surface area contributed by atoms with E-state index < -0.39 is 10.0 Å². The van der Waals surface area contributed by atoms with E-state index in [-0.39, 0.29) is 4.90 Å². The van der Waals surface area contributed by atoms with E-state index in [2.05, 4.69) is 16.1 Å². The highest BCUT2D eigenvalue weighted by Crippen LogP contribution is 2.17. The van der Waals surface area contributed by atoms with Crippen LogP contribution in [-0.4, -0.2) is 29.0 Å². The molecular formula is C12H13ClN6O2S2. The standard InChI is InChI=1S/C12H13ClN6O2S2/c13-18-15-10-17(16-18)19(14-9-11-5-4-8-22-11)23(20,21)12-6-2-1-3-7-12/h1-8,10,14,16H,9H2. The highest BCUT2D eigenvalue weighted by Gasteiger charge is 2.32. The van der Waals surface area contributed by atoms with Crippen molar-refractivity contribution in [1.29, 1.82) is 0 Å². The third-order valence-electron chi connectivity index (χ3n) is 2.88. The summed E-state index contributed by atoms with van der Waals surface area (Å²) in [6.45, 7) is 0.331. The Kier molecular flexibility index (Phi) is 4.80. The molecule has 0 saturated heterocycles. The third-order valence-corrected chi connectivity index (χ3v) is 5.55. The van der Waals surface area contributed by atoms with Crippen molar-refractivity contribution in [2.24, 2.45) is 5.10 Å². The number of hydrazone groups is 1. The molecule has 0 radical (unpaired) electrons. The molecule has 2 heterocycles. The minimum atomic E-state index is -3.85. The number of sulfonamides is 1. The SMILES string of the molecule is O=S(=O)(c1ccccc1)N(NCc1cccs1)N1C=NN(Cl)N1. The van der Waals surface area contributed by atoms with Crippen LogP contribution in [-0.2, 0) is 16.6 Å². The number of hydrogen-bond donors (Lipinski definition) is 2. The summed E-state index contributed by atoms with van der Waals surface area (Å²) in [4.78, 5) is 1.12. The van der Waals surface area contributed by atoms with E-state index in [0.29, 0.717) is 6.54 Å². The predicted molar refractivity (Wildman–Crippen MR) is 87.8 cm³/mol. The van der Waals surface area contributed by atoms with Gasteiger partial charge in [0.25, 0.3) is 10.0 Å². The molecule has 23 heavy (non-hydrogen) atoms. The van der Waals surface area contributed by atoms with Gasteiger partial charge in [-0.3, -0.25) is 0 Å². The van der Waals surface area contributed by atoms with Crippen molar-refractivity contribution >= 4 is 39.5 Å². The highest BCUT2D eigenvalue weighted by atomic mass is 35.5. The van der Waals surface area contributed by atoms with Crippen LogP contribution in [0.5, 0.6) is 0 Å². The molecule has 122 valence electrons. The first-order valence-corrected chi connectivity index (χ1v) is 9.15. The van der Waals surface area contributed by atoms with Crippen molar-refractivity contribution < 1.29 is 8.42 Å². The van der Waals surface area contributed by atoms with E-state index in [1.165, 1.54) is 29.8 Å². The Bertz CT molecular complexity index is 768. The Morgan fingerprint density at radius 3 is 2.65 bits per heavy atom. The fourth-order valence-corrected chi connectivity index (χ4v) is 3.84. The molecule has 0 bridgehead atoms. The molecule has 0 spiro atoms. The number of hydrazine groups is 4. The van der Waals surface area contributed by atoms with Crippen LogP contribution in [0, 0.1) is 0 Å². The molecule has 11 heteroatoms. The summed E-state index contributed by atoms with van der Waals surface area (Å²) in [6, 6.07) is 11.9. The van der Waals surface area contributed by atoms with Gasteiger partial charge in [0.15, 0.2) is 6.34 Å². The lowest BCUT2D eigenvalue weighted by Gasteiger charge is -2.29. The number of benzene rings is 1. The number of thiophene rings is 1. The molecule has 0 saturated carbocycles. The molecule has 0 aliphatic carbocycles. The topological polar surface area (TPSA) is 80.3 Å². The summed E-state index contributed by atoms with van der Waals surface area (Å²) in [5.41, 5.74) is 5.42. The Hall–Kier alpha value is -1.69. The van der Waals surface area contributed by atoms with E-state index in [9.17, 15) is 8.42 Å². The molecule has 1 aromatic carbocycles. The second kappa shape index (κ2) is 6.83. The maximum Gasteiger partial charge on any atom is 0.274 e. The van der Waals surface area contributed by atoms with Crippen LogP contribution in [0.2, 0.25) is 0 Å². The van der Waals surface area contributed by atoms with Crippen molar-refractivity contribution in [2.75, 3.05) is 0 Å². The van der Waals surface area contributed by atoms with E-state index in [0.717, 1.165) is 19.2 Å². The number of nitrogens with one attached hydrogen (secondary N) is 2. The molecule has 3 rings (SSSR count). The van der Waals surface area contributed by atoms with Crippen LogP contribution in [0.25, 0.3) is 0 Å². The van der Waals surface area contributed by atoms with E-state index in [1.54, 1.807) is 18.2 Å². The monoisotopic (exact) mass is 372 g/mol. The Balaban J connectivity index is 1.86. The molecule has 0 amide bonds. The molecule has 1 aliphatic heterocycles. The fraction of sp³-hybridized carbons (Fsp3) is 0.0833. The van der Waals surface area contributed by atoms with Crippen molar-refractivity contribution in [3.8, 4) is 0 Å². The lowest BCUT2D eigenvalue weighted by molar-refractivity contribution is 0.0130. The molecular weight excluding hydrogens is 360 g/mol. The molecule has 0 fully saturated rings. The summed E-state index contributed by atoms with van der Waals surface area (Å²) >= 11 is 7.20. The summed E-state index contributed by atoms with van der Waals surface area (Å²) in [5.74, 6) is 0. The van der Waals surface area contributed by atoms with Crippen molar-refractivity contribution in [3.05, 3.63) is 52.7 Å². The van der Waals surface area contributed by atoms with E-state index in [1.807, 2.05) is 17.5 Å². The summed E-state index contributed by atoms with van der Waals surface area (Å²) in [5, 5.41) is 6.80. The van der Waals surface area contributed by atoms with Gasteiger partial charge in [0.2, 0.25) is 0 Å². The number of hydrogen-bond acceptors (Lipinski definition) is 8. The van der Waals surface area contributed by atoms with Crippen LogP contribution in [0.3, 0.4) is 0 Å². The van der Waals surface area contributed by atoms with Gasteiger partial charge in [-0.05, 0) is 28.1 Å². The smallest absolute Gasteiger partial charge is 0.215 e. The first kappa shape index (κ1) is 16.2. The van der Waals surface area contributed by atoms with Gasteiger partial charge in [-0.25, -0.2) is 13.8 Å². The molecule has 2 N–H and O–H groups in total. The normalized spacial score (nSPS) is 14.9. The average molecular weight is 373 g/mol. The first-order valence-electron chi connectivity index (χ1n) is 6.49. The zero-order valence-corrected chi connectivity index (χ0v) is 14.1. The summed E-state index contributed by atoms with van der Waals surface area (Å²) in [6.07, 6.45) is 1.24. The fourth-order valence-electron chi connectivity index (χ4n) is 1.85. The van der Waals surface area contributed by atoms with Crippen molar-refractivity contribution in [2.45, 2.75) is 11.4 Å². The lowest BCUT2D eigenvalue weighted by atomic mass is 10.4. The lowest BCUT2D eigenvalue weighted by Crippen LogP contribution is -2.57. The van der Waals surface area contributed by atoms with Gasteiger partial charge in [0.1, 0.15) is 0 Å². The van der Waals surface area contributed by atoms with E-state index >= 15 is 0 Å². The Morgan fingerprint density at radius 2 is 2.04 bits per heavy atom. The maximum atomic E-state index is 12.8. The molecule has 0 atom stereocenters. The molecule has 0 unspecified atom stereocenters. The largest absolute Gasteiger partial charge is 0.274 e. The average Bonchev–Trinajstić information content (AvgIpc) is 3.20. The molecule has 2 aromatic rings. The highest BCUT2D eigenvalue weighted by molar-refractivity contribution is 7.89. The van der Waals surface area contributed by atoms with E-state index in [4.69, 9.17) is 11.8 Å². The zero-order chi connectivity index (χ0) is 16.3.